The molecule has 0 saturated heterocycles. The molecule has 0 fully saturated rings. The predicted molar refractivity (Wildman–Crippen MR) is 114 cm³/mol. The van der Waals surface area contributed by atoms with Gasteiger partial charge in [-0.1, -0.05) is 13.8 Å². The number of nitrogens with zero attached hydrogens (tertiary/aromatic N) is 4. The van der Waals surface area contributed by atoms with Crippen LogP contribution in [0.25, 0.3) is 22.2 Å². The van der Waals surface area contributed by atoms with Crippen molar-refractivity contribution in [1.29, 1.82) is 0 Å². The smallest absolute Gasteiger partial charge is 0.293 e. The number of anilines is 2. The van der Waals surface area contributed by atoms with Crippen LogP contribution in [-0.4, -0.2) is 45.8 Å². The Morgan fingerprint density at radius 1 is 1.21 bits per heavy atom. The molecule has 8 nitrogen and oxygen atoms in total. The zero-order valence-corrected chi connectivity index (χ0v) is 16.9. The van der Waals surface area contributed by atoms with Crippen LogP contribution in [0.5, 0.6) is 5.75 Å². The van der Waals surface area contributed by atoms with Crippen LogP contribution >= 0.6 is 0 Å². The first-order chi connectivity index (χ1) is 14.1. The fourth-order valence-electron chi connectivity index (χ4n) is 3.89. The van der Waals surface area contributed by atoms with Crippen LogP contribution in [0.3, 0.4) is 0 Å². The third-order valence-electron chi connectivity index (χ3n) is 5.43. The number of nitrogens with one attached hydrogen (secondary N) is 1. The molecule has 1 N–H and O–H groups in total. The van der Waals surface area contributed by atoms with Crippen molar-refractivity contribution in [1.82, 2.24) is 14.7 Å². The van der Waals surface area contributed by atoms with Crippen molar-refractivity contribution in [2.45, 2.75) is 27.3 Å². The average Bonchev–Trinajstić information content (AvgIpc) is 3.09. The summed E-state index contributed by atoms with van der Waals surface area (Å²) < 4.78 is 7.61. The SMILES string of the molecule is CCOc1ccc2c(c1)-c1nn(CCN(CC)CC)c3ccc([N+](=O)[O-])c(c13)N2. The van der Waals surface area contributed by atoms with Gasteiger partial charge in [0.05, 0.1) is 29.0 Å². The summed E-state index contributed by atoms with van der Waals surface area (Å²) in [6, 6.07) is 9.06. The van der Waals surface area contributed by atoms with Crippen LogP contribution in [0.1, 0.15) is 20.8 Å². The molecule has 152 valence electrons. The summed E-state index contributed by atoms with van der Waals surface area (Å²) >= 11 is 0. The van der Waals surface area contributed by atoms with Gasteiger partial charge >= 0.3 is 0 Å². The third-order valence-corrected chi connectivity index (χ3v) is 5.43. The van der Waals surface area contributed by atoms with Crippen LogP contribution in [0.15, 0.2) is 30.3 Å². The van der Waals surface area contributed by atoms with E-state index in [2.05, 4.69) is 24.1 Å². The molecular weight excluding hydrogens is 370 g/mol. The van der Waals surface area contributed by atoms with Crippen molar-refractivity contribution in [3.63, 3.8) is 0 Å². The van der Waals surface area contributed by atoms with Crippen molar-refractivity contribution >= 4 is 28.0 Å². The Bertz CT molecular complexity index is 1070. The highest BCUT2D eigenvalue weighted by atomic mass is 16.6. The molecule has 4 rings (SSSR count). The van der Waals surface area contributed by atoms with Crippen LogP contribution in [0.4, 0.5) is 17.1 Å². The maximum atomic E-state index is 11.6. The van der Waals surface area contributed by atoms with Crippen LogP contribution in [0.2, 0.25) is 0 Å². The lowest BCUT2D eigenvalue weighted by molar-refractivity contribution is -0.383. The van der Waals surface area contributed by atoms with Gasteiger partial charge in [-0.3, -0.25) is 14.8 Å². The number of ether oxygens (including phenoxy) is 1. The average molecular weight is 395 g/mol. The third kappa shape index (κ3) is 3.29. The molecule has 0 atom stereocenters. The molecule has 1 aliphatic rings. The molecule has 2 heterocycles. The number of nitro groups is 1. The van der Waals surface area contributed by atoms with E-state index >= 15 is 0 Å². The van der Waals surface area contributed by atoms with Crippen molar-refractivity contribution in [2.75, 3.05) is 31.6 Å². The van der Waals surface area contributed by atoms with E-state index in [9.17, 15) is 10.1 Å². The van der Waals surface area contributed by atoms with E-state index in [0.717, 1.165) is 59.8 Å². The van der Waals surface area contributed by atoms with E-state index in [-0.39, 0.29) is 10.6 Å². The minimum absolute atomic E-state index is 0.0570. The molecule has 3 aromatic rings. The van der Waals surface area contributed by atoms with Gasteiger partial charge in [0.1, 0.15) is 17.1 Å². The Balaban J connectivity index is 1.88. The molecular formula is C21H25N5O3. The molecule has 1 aromatic heterocycles. The largest absolute Gasteiger partial charge is 0.494 e. The van der Waals surface area contributed by atoms with Gasteiger partial charge in [0.2, 0.25) is 0 Å². The molecule has 0 unspecified atom stereocenters. The predicted octanol–water partition coefficient (Wildman–Crippen LogP) is 4.41. The fourth-order valence-corrected chi connectivity index (χ4v) is 3.89. The molecule has 0 aliphatic carbocycles. The first kappa shape index (κ1) is 19.2. The van der Waals surface area contributed by atoms with Crippen molar-refractivity contribution < 1.29 is 9.66 Å². The Kier molecular flexibility index (Phi) is 5.10. The quantitative estimate of drug-likeness (QED) is 0.351. The molecule has 0 bridgehead atoms. The van der Waals surface area contributed by atoms with Gasteiger partial charge < -0.3 is 15.0 Å². The van der Waals surface area contributed by atoms with E-state index in [0.29, 0.717) is 12.3 Å². The van der Waals surface area contributed by atoms with Gasteiger partial charge in [-0.25, -0.2) is 0 Å². The molecule has 0 saturated carbocycles. The number of hydrogen-bond donors (Lipinski definition) is 1. The summed E-state index contributed by atoms with van der Waals surface area (Å²) in [4.78, 5) is 13.6. The Morgan fingerprint density at radius 2 is 2.00 bits per heavy atom. The first-order valence-corrected chi connectivity index (χ1v) is 10.0. The summed E-state index contributed by atoms with van der Waals surface area (Å²) in [5.41, 5.74) is 3.91. The van der Waals surface area contributed by atoms with E-state index in [1.165, 1.54) is 0 Å². The summed E-state index contributed by atoms with van der Waals surface area (Å²) in [5, 5.41) is 20.6. The number of hydrogen-bond acceptors (Lipinski definition) is 6. The summed E-state index contributed by atoms with van der Waals surface area (Å²) in [5.74, 6) is 0.757. The van der Waals surface area contributed by atoms with E-state index < -0.39 is 0 Å². The highest BCUT2D eigenvalue weighted by molar-refractivity contribution is 6.12. The fraction of sp³-hybridized carbons (Fsp3) is 0.381. The zero-order chi connectivity index (χ0) is 20.5. The molecule has 29 heavy (non-hydrogen) atoms. The van der Waals surface area contributed by atoms with Gasteiger partial charge in [-0.05, 0) is 44.3 Å². The Hall–Kier alpha value is -3.13. The molecule has 2 aromatic carbocycles. The Labute approximate surface area is 169 Å². The first-order valence-electron chi connectivity index (χ1n) is 10.0. The second-order valence-electron chi connectivity index (χ2n) is 6.97. The minimum atomic E-state index is -0.349. The molecule has 0 radical (unpaired) electrons. The van der Waals surface area contributed by atoms with Crippen LogP contribution in [-0.2, 0) is 6.54 Å². The standard InChI is InChI=1S/C21H25N5O3/c1-4-24(5-2)11-12-25-17-9-10-18(26(27)28)21-19(17)20(23-25)15-13-14(29-6-3)7-8-16(15)22-21/h7-10,13,22H,4-6,11-12H2,1-3H3. The number of aromatic nitrogens is 2. The second kappa shape index (κ2) is 7.71. The normalized spacial score (nSPS) is 12.1. The number of nitro benzene ring substituents is 1. The highest BCUT2D eigenvalue weighted by Gasteiger charge is 2.29. The zero-order valence-electron chi connectivity index (χ0n) is 16.9. The summed E-state index contributed by atoms with van der Waals surface area (Å²) in [6.07, 6.45) is 0. The molecule has 0 spiro atoms. The lowest BCUT2D eigenvalue weighted by Gasteiger charge is -2.18. The van der Waals surface area contributed by atoms with Crippen molar-refractivity contribution in [3.05, 3.63) is 40.4 Å². The summed E-state index contributed by atoms with van der Waals surface area (Å²) in [6.45, 7) is 10.3. The van der Waals surface area contributed by atoms with Crippen molar-refractivity contribution in [2.24, 2.45) is 0 Å². The van der Waals surface area contributed by atoms with Gasteiger partial charge in [-0.2, -0.15) is 5.10 Å². The molecule has 0 amide bonds. The van der Waals surface area contributed by atoms with E-state index in [1.807, 2.05) is 29.8 Å². The second-order valence-corrected chi connectivity index (χ2v) is 6.97. The maximum Gasteiger partial charge on any atom is 0.293 e. The lowest BCUT2D eigenvalue weighted by Crippen LogP contribution is -2.27. The highest BCUT2D eigenvalue weighted by Crippen LogP contribution is 2.47. The number of rotatable bonds is 8. The van der Waals surface area contributed by atoms with E-state index in [1.54, 1.807) is 12.1 Å². The number of fused-ring (bicyclic) bond motifs is 2. The molecule has 1 aliphatic heterocycles. The van der Waals surface area contributed by atoms with Gasteiger partial charge in [0.25, 0.3) is 5.69 Å². The maximum absolute atomic E-state index is 11.6. The minimum Gasteiger partial charge on any atom is -0.494 e. The van der Waals surface area contributed by atoms with Gasteiger partial charge in [0, 0.05) is 23.9 Å². The lowest BCUT2D eigenvalue weighted by atomic mass is 9.99. The number of benzene rings is 2. The van der Waals surface area contributed by atoms with Gasteiger partial charge in [-0.15, -0.1) is 0 Å². The van der Waals surface area contributed by atoms with Gasteiger partial charge in [0.15, 0.2) is 0 Å². The molecule has 8 heteroatoms. The monoisotopic (exact) mass is 395 g/mol. The van der Waals surface area contributed by atoms with Crippen LogP contribution in [0, 0.1) is 10.1 Å². The van der Waals surface area contributed by atoms with E-state index in [4.69, 9.17) is 9.84 Å². The number of likely N-dealkylation sites (N-methyl/N-ethyl adjacent to an activating group) is 1. The van der Waals surface area contributed by atoms with Crippen LogP contribution < -0.4 is 10.1 Å². The van der Waals surface area contributed by atoms with Crippen molar-refractivity contribution in [3.8, 4) is 17.0 Å². The Morgan fingerprint density at radius 3 is 2.69 bits per heavy atom. The topological polar surface area (TPSA) is 85.5 Å². The summed E-state index contributed by atoms with van der Waals surface area (Å²) in [7, 11) is 0.